The third kappa shape index (κ3) is 3.94. The van der Waals surface area contributed by atoms with Crippen molar-refractivity contribution in [2.45, 2.75) is 33.2 Å². The highest BCUT2D eigenvalue weighted by molar-refractivity contribution is 5.79. The van der Waals surface area contributed by atoms with E-state index in [0.717, 1.165) is 12.1 Å². The zero-order valence-electron chi connectivity index (χ0n) is 13.0. The van der Waals surface area contributed by atoms with Gasteiger partial charge >= 0.3 is 0 Å². The summed E-state index contributed by atoms with van der Waals surface area (Å²) < 4.78 is 0. The van der Waals surface area contributed by atoms with E-state index in [2.05, 4.69) is 38.1 Å². The summed E-state index contributed by atoms with van der Waals surface area (Å²) in [7, 11) is 0. The minimum Gasteiger partial charge on any atom is -0.336 e. The molecule has 0 saturated carbocycles. The lowest BCUT2D eigenvalue weighted by Crippen LogP contribution is -2.34. The van der Waals surface area contributed by atoms with E-state index in [4.69, 9.17) is 0 Å². The van der Waals surface area contributed by atoms with Crippen molar-refractivity contribution >= 4 is 5.91 Å². The molecule has 0 radical (unpaired) electrons. The average Bonchev–Trinajstić information content (AvgIpc) is 2.51. The van der Waals surface area contributed by atoms with Gasteiger partial charge in [-0.25, -0.2) is 0 Å². The Morgan fingerprint density at radius 1 is 1.05 bits per heavy atom. The molecule has 0 bridgehead atoms. The normalized spacial score (nSPS) is 12.0. The van der Waals surface area contributed by atoms with Crippen LogP contribution >= 0.6 is 0 Å². The largest absolute Gasteiger partial charge is 0.336 e. The molecule has 1 amide bonds. The second-order valence-electron chi connectivity index (χ2n) is 5.43. The van der Waals surface area contributed by atoms with E-state index < -0.39 is 0 Å². The molecule has 0 aliphatic heterocycles. The summed E-state index contributed by atoms with van der Waals surface area (Å²) in [4.78, 5) is 14.5. The quantitative estimate of drug-likeness (QED) is 0.806. The molecule has 0 spiro atoms. The van der Waals surface area contributed by atoms with Crippen LogP contribution < -0.4 is 0 Å². The Bertz CT molecular complexity index is 574. The first kappa shape index (κ1) is 15.3. The Hall–Kier alpha value is -2.09. The van der Waals surface area contributed by atoms with Crippen LogP contribution in [-0.2, 0) is 11.2 Å². The van der Waals surface area contributed by atoms with Gasteiger partial charge < -0.3 is 4.90 Å². The van der Waals surface area contributed by atoms with Gasteiger partial charge in [-0.15, -0.1) is 0 Å². The number of rotatable bonds is 5. The topological polar surface area (TPSA) is 20.3 Å². The molecule has 0 aliphatic carbocycles. The highest BCUT2D eigenvalue weighted by Crippen LogP contribution is 2.20. The number of hydrogen-bond acceptors (Lipinski definition) is 1. The van der Waals surface area contributed by atoms with Gasteiger partial charge in [-0.3, -0.25) is 4.79 Å². The standard InChI is InChI=1S/C19H23NO/c1-4-20(16(3)18-8-6-5-7-9-18)19(21)14-17-12-10-15(2)11-13-17/h5-13,16H,4,14H2,1-3H3. The van der Waals surface area contributed by atoms with Crippen LogP contribution in [0.3, 0.4) is 0 Å². The molecule has 2 aromatic carbocycles. The first-order chi connectivity index (χ1) is 10.1. The van der Waals surface area contributed by atoms with Crippen molar-refractivity contribution in [3.8, 4) is 0 Å². The molecule has 1 unspecified atom stereocenters. The minimum absolute atomic E-state index is 0.106. The van der Waals surface area contributed by atoms with Crippen LogP contribution in [0.25, 0.3) is 0 Å². The summed E-state index contributed by atoms with van der Waals surface area (Å²) in [6, 6.07) is 18.5. The molecule has 21 heavy (non-hydrogen) atoms. The highest BCUT2D eigenvalue weighted by Gasteiger charge is 2.19. The Balaban J connectivity index is 2.09. The predicted molar refractivity (Wildman–Crippen MR) is 87.1 cm³/mol. The number of aryl methyl sites for hydroxylation is 1. The average molecular weight is 281 g/mol. The van der Waals surface area contributed by atoms with E-state index in [1.54, 1.807) is 0 Å². The number of carbonyl (C=O) groups excluding carboxylic acids is 1. The fraction of sp³-hybridized carbons (Fsp3) is 0.316. The van der Waals surface area contributed by atoms with E-state index in [1.807, 2.05) is 42.2 Å². The fourth-order valence-corrected chi connectivity index (χ4v) is 2.56. The van der Waals surface area contributed by atoms with Crippen LogP contribution in [0.2, 0.25) is 0 Å². The summed E-state index contributed by atoms with van der Waals surface area (Å²) in [5, 5.41) is 0. The highest BCUT2D eigenvalue weighted by atomic mass is 16.2. The Morgan fingerprint density at radius 3 is 2.24 bits per heavy atom. The lowest BCUT2D eigenvalue weighted by molar-refractivity contribution is -0.132. The van der Waals surface area contributed by atoms with E-state index in [0.29, 0.717) is 6.42 Å². The molecule has 0 heterocycles. The van der Waals surface area contributed by atoms with Crippen LogP contribution in [0.15, 0.2) is 54.6 Å². The molecule has 2 heteroatoms. The molecule has 0 N–H and O–H groups in total. The predicted octanol–water partition coefficient (Wildman–Crippen LogP) is 4.15. The van der Waals surface area contributed by atoms with Gasteiger partial charge in [0.15, 0.2) is 0 Å². The molecule has 1 atom stereocenters. The molecule has 0 aromatic heterocycles. The van der Waals surface area contributed by atoms with E-state index in [9.17, 15) is 4.79 Å². The summed E-state index contributed by atoms with van der Waals surface area (Å²) in [6.07, 6.45) is 0.464. The molecule has 0 saturated heterocycles. The number of carbonyl (C=O) groups is 1. The maximum Gasteiger partial charge on any atom is 0.227 e. The zero-order valence-corrected chi connectivity index (χ0v) is 13.0. The molecule has 0 aliphatic rings. The Kier molecular flexibility index (Phi) is 5.15. The smallest absolute Gasteiger partial charge is 0.227 e. The molecular formula is C19H23NO. The van der Waals surface area contributed by atoms with Crippen molar-refractivity contribution < 1.29 is 4.79 Å². The van der Waals surface area contributed by atoms with Gasteiger partial charge in [-0.05, 0) is 31.9 Å². The van der Waals surface area contributed by atoms with Crippen LogP contribution in [0.5, 0.6) is 0 Å². The van der Waals surface area contributed by atoms with Gasteiger partial charge in [-0.1, -0.05) is 60.2 Å². The van der Waals surface area contributed by atoms with Crippen LogP contribution in [0, 0.1) is 6.92 Å². The monoisotopic (exact) mass is 281 g/mol. The van der Waals surface area contributed by atoms with Gasteiger partial charge in [0.1, 0.15) is 0 Å². The van der Waals surface area contributed by atoms with Gasteiger partial charge in [0.25, 0.3) is 0 Å². The maximum atomic E-state index is 12.6. The van der Waals surface area contributed by atoms with Crippen LogP contribution in [0.4, 0.5) is 0 Å². The lowest BCUT2D eigenvalue weighted by Gasteiger charge is -2.28. The number of hydrogen-bond donors (Lipinski definition) is 0. The lowest BCUT2D eigenvalue weighted by atomic mass is 10.0. The molecule has 0 fully saturated rings. The number of nitrogens with zero attached hydrogens (tertiary/aromatic N) is 1. The summed E-state index contributed by atoms with van der Waals surface area (Å²) >= 11 is 0. The number of likely N-dealkylation sites (N-methyl/N-ethyl adjacent to an activating group) is 1. The molecule has 110 valence electrons. The SMILES string of the molecule is CCN(C(=O)Cc1ccc(C)cc1)C(C)c1ccccc1. The van der Waals surface area contributed by atoms with E-state index in [-0.39, 0.29) is 11.9 Å². The Morgan fingerprint density at radius 2 is 1.67 bits per heavy atom. The van der Waals surface area contributed by atoms with Crippen LogP contribution in [-0.4, -0.2) is 17.4 Å². The number of amides is 1. The number of benzene rings is 2. The molecule has 2 aromatic rings. The van der Waals surface area contributed by atoms with Gasteiger partial charge in [0.05, 0.1) is 12.5 Å². The van der Waals surface area contributed by atoms with Crippen molar-refractivity contribution in [1.82, 2.24) is 4.90 Å². The van der Waals surface area contributed by atoms with Crippen molar-refractivity contribution in [3.63, 3.8) is 0 Å². The van der Waals surface area contributed by atoms with Crippen molar-refractivity contribution in [2.75, 3.05) is 6.54 Å². The third-order valence-corrected chi connectivity index (χ3v) is 3.89. The summed E-state index contributed by atoms with van der Waals surface area (Å²) in [5.41, 5.74) is 3.47. The Labute approximate surface area is 127 Å². The van der Waals surface area contributed by atoms with Gasteiger partial charge in [0.2, 0.25) is 5.91 Å². The van der Waals surface area contributed by atoms with E-state index >= 15 is 0 Å². The van der Waals surface area contributed by atoms with Crippen LogP contribution in [0.1, 0.15) is 36.6 Å². The minimum atomic E-state index is 0.106. The first-order valence-electron chi connectivity index (χ1n) is 7.51. The fourth-order valence-electron chi connectivity index (χ4n) is 2.56. The first-order valence-corrected chi connectivity index (χ1v) is 7.51. The molecular weight excluding hydrogens is 258 g/mol. The summed E-state index contributed by atoms with van der Waals surface area (Å²) in [5.74, 6) is 0.178. The summed E-state index contributed by atoms with van der Waals surface area (Å²) in [6.45, 7) is 6.90. The van der Waals surface area contributed by atoms with E-state index in [1.165, 1.54) is 11.1 Å². The third-order valence-electron chi connectivity index (χ3n) is 3.89. The second-order valence-corrected chi connectivity index (χ2v) is 5.43. The van der Waals surface area contributed by atoms with Crippen molar-refractivity contribution in [3.05, 3.63) is 71.3 Å². The molecule has 2 rings (SSSR count). The van der Waals surface area contributed by atoms with Gasteiger partial charge in [-0.2, -0.15) is 0 Å². The zero-order chi connectivity index (χ0) is 15.2. The second kappa shape index (κ2) is 7.07. The van der Waals surface area contributed by atoms with Gasteiger partial charge in [0, 0.05) is 6.54 Å². The van der Waals surface area contributed by atoms with Crippen molar-refractivity contribution in [2.24, 2.45) is 0 Å². The van der Waals surface area contributed by atoms with Crippen molar-refractivity contribution in [1.29, 1.82) is 0 Å². The molecule has 2 nitrogen and oxygen atoms in total. The maximum absolute atomic E-state index is 12.6.